The second kappa shape index (κ2) is 9.21. The molecule has 0 amide bonds. The van der Waals surface area contributed by atoms with E-state index in [0.717, 1.165) is 5.56 Å². The molecule has 0 spiro atoms. The molecule has 6 nitrogen and oxygen atoms in total. The van der Waals surface area contributed by atoms with Crippen LogP contribution in [0.4, 0.5) is 0 Å². The van der Waals surface area contributed by atoms with Gasteiger partial charge in [-0.3, -0.25) is 0 Å². The summed E-state index contributed by atoms with van der Waals surface area (Å²) in [4.78, 5) is 0.224. The number of methoxy groups -OCH3 is 2. The molecule has 1 unspecified atom stereocenters. The van der Waals surface area contributed by atoms with Gasteiger partial charge in [0.15, 0.2) is 0 Å². The van der Waals surface area contributed by atoms with Gasteiger partial charge in [0.2, 0.25) is 10.0 Å². The Labute approximate surface area is 186 Å². The minimum absolute atomic E-state index is 0.224. The van der Waals surface area contributed by atoms with Crippen LogP contribution >= 0.6 is 11.8 Å². The van der Waals surface area contributed by atoms with Crippen molar-refractivity contribution < 1.29 is 22.6 Å². The zero-order valence-corrected chi connectivity index (χ0v) is 18.9. The van der Waals surface area contributed by atoms with Crippen LogP contribution < -0.4 is 14.2 Å². The fourth-order valence-electron chi connectivity index (χ4n) is 3.42. The maximum Gasteiger partial charge on any atom is 0.244 e. The Kier molecular flexibility index (Phi) is 6.41. The zero-order valence-electron chi connectivity index (χ0n) is 17.2. The molecule has 0 N–H and O–H groups in total. The van der Waals surface area contributed by atoms with E-state index in [0.29, 0.717) is 35.3 Å². The van der Waals surface area contributed by atoms with Crippen molar-refractivity contribution >= 4 is 21.8 Å². The summed E-state index contributed by atoms with van der Waals surface area (Å²) in [5.74, 6) is 3.25. The lowest BCUT2D eigenvalue weighted by atomic mass is 10.2. The third-order valence-electron chi connectivity index (χ3n) is 4.96. The first kappa shape index (κ1) is 21.5. The van der Waals surface area contributed by atoms with Gasteiger partial charge in [0.1, 0.15) is 23.0 Å². The summed E-state index contributed by atoms with van der Waals surface area (Å²) in [5, 5.41) is -0.393. The molecule has 8 heteroatoms. The molecule has 162 valence electrons. The van der Waals surface area contributed by atoms with Gasteiger partial charge in [-0.15, -0.1) is 11.8 Å². The van der Waals surface area contributed by atoms with Gasteiger partial charge < -0.3 is 14.2 Å². The van der Waals surface area contributed by atoms with Crippen LogP contribution in [0, 0.1) is 0 Å². The molecule has 0 aliphatic carbocycles. The molecule has 1 atom stereocenters. The Morgan fingerprint density at radius 2 is 1.55 bits per heavy atom. The summed E-state index contributed by atoms with van der Waals surface area (Å²) in [6, 6.07) is 21.3. The van der Waals surface area contributed by atoms with Crippen LogP contribution in [-0.2, 0) is 10.0 Å². The highest BCUT2D eigenvalue weighted by Crippen LogP contribution is 2.45. The lowest BCUT2D eigenvalue weighted by Crippen LogP contribution is -2.30. The summed E-state index contributed by atoms with van der Waals surface area (Å²) in [7, 11) is -0.547. The molecular formula is C23H23NO5S2. The molecule has 1 saturated heterocycles. The first-order valence-electron chi connectivity index (χ1n) is 9.71. The smallest absolute Gasteiger partial charge is 0.244 e. The minimum Gasteiger partial charge on any atom is -0.497 e. The predicted octanol–water partition coefficient (Wildman–Crippen LogP) is 4.93. The average molecular weight is 458 g/mol. The van der Waals surface area contributed by atoms with Crippen molar-refractivity contribution in [1.82, 2.24) is 4.31 Å². The molecule has 1 fully saturated rings. The molecule has 0 aromatic heterocycles. The normalized spacial score (nSPS) is 16.8. The van der Waals surface area contributed by atoms with E-state index in [9.17, 15) is 8.42 Å². The number of hydrogen-bond donors (Lipinski definition) is 0. The maximum atomic E-state index is 13.4. The summed E-state index contributed by atoms with van der Waals surface area (Å²) >= 11 is 1.57. The number of sulfonamides is 1. The molecule has 3 aromatic rings. The zero-order chi connectivity index (χ0) is 21.8. The van der Waals surface area contributed by atoms with Crippen LogP contribution in [0.5, 0.6) is 23.0 Å². The molecule has 31 heavy (non-hydrogen) atoms. The summed E-state index contributed by atoms with van der Waals surface area (Å²) in [5.41, 5.74) is 0.775. The van der Waals surface area contributed by atoms with Crippen molar-refractivity contribution in [2.24, 2.45) is 0 Å². The summed E-state index contributed by atoms with van der Waals surface area (Å²) < 4.78 is 45.0. The Morgan fingerprint density at radius 1 is 0.871 bits per heavy atom. The monoisotopic (exact) mass is 457 g/mol. The number of thioether (sulfide) groups is 1. The number of para-hydroxylation sites is 1. The minimum atomic E-state index is -3.71. The maximum absolute atomic E-state index is 13.4. The van der Waals surface area contributed by atoms with Gasteiger partial charge in [-0.1, -0.05) is 18.2 Å². The third kappa shape index (κ3) is 4.51. The molecule has 0 bridgehead atoms. The van der Waals surface area contributed by atoms with Crippen molar-refractivity contribution in [2.75, 3.05) is 26.5 Å². The Morgan fingerprint density at radius 3 is 2.23 bits per heavy atom. The fourth-order valence-corrected chi connectivity index (χ4v) is 6.66. The Balaban J connectivity index is 1.61. The summed E-state index contributed by atoms with van der Waals surface area (Å²) in [6.45, 7) is 0.417. The van der Waals surface area contributed by atoms with Gasteiger partial charge in [0.25, 0.3) is 0 Å². The second-order valence-corrected chi connectivity index (χ2v) is 9.91. The van der Waals surface area contributed by atoms with Crippen molar-refractivity contribution in [3.8, 4) is 23.0 Å². The first-order valence-corrected chi connectivity index (χ1v) is 12.2. The van der Waals surface area contributed by atoms with Crippen LogP contribution in [0.3, 0.4) is 0 Å². The lowest BCUT2D eigenvalue weighted by Gasteiger charge is -2.25. The van der Waals surface area contributed by atoms with Gasteiger partial charge in [-0.2, -0.15) is 4.31 Å². The van der Waals surface area contributed by atoms with Gasteiger partial charge in [0, 0.05) is 17.9 Å². The molecule has 3 aromatic carbocycles. The molecule has 0 saturated carbocycles. The van der Waals surface area contributed by atoms with Gasteiger partial charge in [0.05, 0.1) is 24.5 Å². The van der Waals surface area contributed by atoms with E-state index in [4.69, 9.17) is 14.2 Å². The Hall–Kier alpha value is -2.68. The van der Waals surface area contributed by atoms with Crippen LogP contribution in [0.25, 0.3) is 0 Å². The number of benzene rings is 3. The van der Waals surface area contributed by atoms with E-state index in [-0.39, 0.29) is 4.90 Å². The van der Waals surface area contributed by atoms with Crippen LogP contribution in [-0.4, -0.2) is 39.2 Å². The van der Waals surface area contributed by atoms with Crippen molar-refractivity contribution in [2.45, 2.75) is 10.3 Å². The summed E-state index contributed by atoms with van der Waals surface area (Å²) in [6.07, 6.45) is 0. The molecule has 1 aliphatic heterocycles. The third-order valence-corrected chi connectivity index (χ3v) is 8.22. The van der Waals surface area contributed by atoms with Crippen molar-refractivity contribution in [3.63, 3.8) is 0 Å². The molecule has 1 aliphatic rings. The van der Waals surface area contributed by atoms with Crippen LogP contribution in [0.1, 0.15) is 10.9 Å². The fraction of sp³-hybridized carbons (Fsp3) is 0.217. The van der Waals surface area contributed by atoms with Crippen molar-refractivity contribution in [3.05, 3.63) is 78.4 Å². The highest BCUT2D eigenvalue weighted by Gasteiger charge is 2.38. The van der Waals surface area contributed by atoms with Crippen LogP contribution in [0.15, 0.2) is 77.7 Å². The van der Waals surface area contributed by atoms with E-state index in [1.807, 2.05) is 36.4 Å². The van der Waals surface area contributed by atoms with Gasteiger partial charge in [-0.25, -0.2) is 8.42 Å². The highest BCUT2D eigenvalue weighted by atomic mass is 32.2. The number of rotatable bonds is 7. The second-order valence-electron chi connectivity index (χ2n) is 6.83. The molecule has 0 radical (unpaired) electrons. The van der Waals surface area contributed by atoms with Gasteiger partial charge in [-0.05, 0) is 54.6 Å². The van der Waals surface area contributed by atoms with E-state index >= 15 is 0 Å². The largest absolute Gasteiger partial charge is 0.497 e. The average Bonchev–Trinajstić information content (AvgIpc) is 3.30. The van der Waals surface area contributed by atoms with E-state index in [1.165, 1.54) is 4.31 Å². The molecule has 1 heterocycles. The van der Waals surface area contributed by atoms with Crippen LogP contribution in [0.2, 0.25) is 0 Å². The topological polar surface area (TPSA) is 65.1 Å². The number of nitrogens with zero attached hydrogens (tertiary/aromatic N) is 1. The van der Waals surface area contributed by atoms with Crippen molar-refractivity contribution in [1.29, 1.82) is 0 Å². The number of hydrogen-bond acceptors (Lipinski definition) is 6. The lowest BCUT2D eigenvalue weighted by molar-refractivity contribution is 0.382. The van der Waals surface area contributed by atoms with E-state index in [1.54, 1.807) is 62.4 Å². The predicted molar refractivity (Wildman–Crippen MR) is 122 cm³/mol. The molecular weight excluding hydrogens is 434 g/mol. The quantitative estimate of drug-likeness (QED) is 0.501. The highest BCUT2D eigenvalue weighted by molar-refractivity contribution is 8.01. The SMILES string of the molecule is COc1ccc(OC)c(C2SCCN2S(=O)(=O)c2ccc(Oc3ccccc3)cc2)c1. The number of ether oxygens (including phenoxy) is 3. The Bertz CT molecular complexity index is 1130. The van der Waals surface area contributed by atoms with E-state index in [2.05, 4.69) is 0 Å². The standard InChI is InChI=1S/C23H23NO5S2/c1-27-19-10-13-22(28-2)21(16-19)23-24(14-15-30-23)31(25,26)20-11-8-18(9-12-20)29-17-6-4-3-5-7-17/h3-13,16,23H,14-15H2,1-2H3. The molecule has 4 rings (SSSR count). The first-order chi connectivity index (χ1) is 15.0. The van der Waals surface area contributed by atoms with E-state index < -0.39 is 15.4 Å². The van der Waals surface area contributed by atoms with Gasteiger partial charge >= 0.3 is 0 Å².